The number of ether oxygens (including phenoxy) is 1. The Hall–Kier alpha value is -0.140. The lowest BCUT2D eigenvalue weighted by Gasteiger charge is -2.15. The fourth-order valence-corrected chi connectivity index (χ4v) is 4.04. The highest BCUT2D eigenvalue weighted by molar-refractivity contribution is 7.89. The molecule has 0 bridgehead atoms. The molecule has 1 heterocycles. The summed E-state index contributed by atoms with van der Waals surface area (Å²) in [6.07, 6.45) is -0.301. The third kappa shape index (κ3) is 5.24. The molecular weight excluding hydrogens is 294 g/mol. The van der Waals surface area contributed by atoms with Gasteiger partial charge in [-0.25, -0.2) is 13.1 Å². The number of methoxy groups -OCH3 is 1. The first kappa shape index (κ1) is 15.9. The molecule has 104 valence electrons. The fourth-order valence-electron chi connectivity index (χ4n) is 1.50. The van der Waals surface area contributed by atoms with Gasteiger partial charge in [0, 0.05) is 18.5 Å². The molecule has 0 fully saturated rings. The van der Waals surface area contributed by atoms with Crippen LogP contribution in [0.1, 0.15) is 24.8 Å². The van der Waals surface area contributed by atoms with Crippen LogP contribution < -0.4 is 4.72 Å². The van der Waals surface area contributed by atoms with E-state index in [2.05, 4.69) is 4.72 Å². The summed E-state index contributed by atoms with van der Waals surface area (Å²) >= 11 is 7.24. The second kappa shape index (κ2) is 6.86. The van der Waals surface area contributed by atoms with Crippen LogP contribution >= 0.6 is 22.9 Å². The molecule has 1 aromatic rings. The zero-order valence-electron chi connectivity index (χ0n) is 10.6. The predicted molar refractivity (Wildman–Crippen MR) is 75.7 cm³/mol. The van der Waals surface area contributed by atoms with Crippen molar-refractivity contribution in [1.82, 2.24) is 4.72 Å². The third-order valence-corrected chi connectivity index (χ3v) is 5.27. The van der Waals surface area contributed by atoms with Crippen LogP contribution in [0.4, 0.5) is 0 Å². The van der Waals surface area contributed by atoms with E-state index in [-0.39, 0.29) is 24.3 Å². The monoisotopic (exact) mass is 311 g/mol. The Kier molecular flexibility index (Phi) is 6.07. The molecule has 0 radical (unpaired) electrons. The van der Waals surface area contributed by atoms with E-state index in [1.807, 2.05) is 19.9 Å². The molecule has 1 aromatic heterocycles. The zero-order valence-corrected chi connectivity index (χ0v) is 13.0. The number of halogens is 1. The molecule has 18 heavy (non-hydrogen) atoms. The van der Waals surface area contributed by atoms with Crippen molar-refractivity contribution >= 4 is 33.0 Å². The van der Waals surface area contributed by atoms with Crippen molar-refractivity contribution in [2.24, 2.45) is 5.92 Å². The number of thiophene rings is 1. The molecular formula is C11H18ClNO3S2. The molecule has 0 aliphatic rings. The van der Waals surface area contributed by atoms with Crippen molar-refractivity contribution < 1.29 is 13.2 Å². The fraction of sp³-hybridized carbons (Fsp3) is 0.636. The molecule has 7 heteroatoms. The van der Waals surface area contributed by atoms with Gasteiger partial charge < -0.3 is 4.74 Å². The van der Waals surface area contributed by atoms with Crippen LogP contribution in [-0.2, 0) is 14.8 Å². The lowest BCUT2D eigenvalue weighted by molar-refractivity contribution is 0.110. The Bertz CT molecular complexity index is 470. The maximum absolute atomic E-state index is 11.7. The first-order chi connectivity index (χ1) is 8.34. The summed E-state index contributed by atoms with van der Waals surface area (Å²) in [6.45, 7) is 3.96. The van der Waals surface area contributed by atoms with Crippen molar-refractivity contribution in [2.45, 2.75) is 20.0 Å². The van der Waals surface area contributed by atoms with Crippen molar-refractivity contribution in [3.8, 4) is 0 Å². The van der Waals surface area contributed by atoms with Crippen molar-refractivity contribution in [1.29, 1.82) is 0 Å². The first-order valence-electron chi connectivity index (χ1n) is 5.59. The van der Waals surface area contributed by atoms with Crippen LogP contribution in [0, 0.1) is 5.92 Å². The Labute approximate surface area is 117 Å². The van der Waals surface area contributed by atoms with E-state index in [4.69, 9.17) is 16.3 Å². The quantitative estimate of drug-likeness (QED) is 0.842. The van der Waals surface area contributed by atoms with Gasteiger partial charge in [0.25, 0.3) is 0 Å². The highest BCUT2D eigenvalue weighted by Crippen LogP contribution is 2.28. The molecule has 1 atom stereocenters. The summed E-state index contributed by atoms with van der Waals surface area (Å²) in [5, 5.41) is 0. The van der Waals surface area contributed by atoms with Gasteiger partial charge in [0.2, 0.25) is 10.0 Å². The molecule has 1 rings (SSSR count). The van der Waals surface area contributed by atoms with Crippen LogP contribution in [0.25, 0.3) is 0 Å². The van der Waals surface area contributed by atoms with E-state index >= 15 is 0 Å². The molecule has 1 N–H and O–H groups in total. The van der Waals surface area contributed by atoms with Gasteiger partial charge in [0.15, 0.2) is 0 Å². The summed E-state index contributed by atoms with van der Waals surface area (Å²) < 4.78 is 31.9. The predicted octanol–water partition coefficient (Wildman–Crippen LogP) is 2.66. The van der Waals surface area contributed by atoms with Crippen molar-refractivity contribution in [3.63, 3.8) is 0 Å². The van der Waals surface area contributed by atoms with Crippen LogP contribution in [0.2, 0.25) is 4.34 Å². The Morgan fingerprint density at radius 3 is 2.56 bits per heavy atom. The van der Waals surface area contributed by atoms with Gasteiger partial charge in [-0.15, -0.1) is 11.3 Å². The minimum Gasteiger partial charge on any atom is -0.375 e. The SMILES string of the molecule is COC(CNS(=O)(=O)CC(C)C)c1ccc(Cl)s1. The van der Waals surface area contributed by atoms with Crippen LogP contribution in [0.15, 0.2) is 12.1 Å². The molecule has 0 aliphatic heterocycles. The van der Waals surface area contributed by atoms with Gasteiger partial charge >= 0.3 is 0 Å². The third-order valence-electron chi connectivity index (χ3n) is 2.24. The maximum atomic E-state index is 11.7. The number of nitrogens with one attached hydrogen (secondary N) is 1. The van der Waals surface area contributed by atoms with E-state index in [9.17, 15) is 8.42 Å². The van der Waals surface area contributed by atoms with E-state index in [0.717, 1.165) is 4.88 Å². The van der Waals surface area contributed by atoms with E-state index in [1.54, 1.807) is 13.2 Å². The summed E-state index contributed by atoms with van der Waals surface area (Å²) in [4.78, 5) is 0.912. The second-order valence-electron chi connectivity index (χ2n) is 4.39. The van der Waals surface area contributed by atoms with Crippen molar-refractivity contribution in [3.05, 3.63) is 21.3 Å². The van der Waals surface area contributed by atoms with Gasteiger partial charge in [-0.1, -0.05) is 25.4 Å². The minimum atomic E-state index is -3.25. The molecule has 0 aliphatic carbocycles. The average Bonchev–Trinajstić information content (AvgIpc) is 2.63. The molecule has 0 aromatic carbocycles. The van der Waals surface area contributed by atoms with Crippen molar-refractivity contribution in [2.75, 3.05) is 19.4 Å². The van der Waals surface area contributed by atoms with Crippen LogP contribution in [0.5, 0.6) is 0 Å². The largest absolute Gasteiger partial charge is 0.375 e. The Balaban J connectivity index is 2.60. The lowest BCUT2D eigenvalue weighted by Crippen LogP contribution is -2.32. The normalized spacial score (nSPS) is 14.1. The highest BCUT2D eigenvalue weighted by Gasteiger charge is 2.18. The number of hydrogen-bond acceptors (Lipinski definition) is 4. The Morgan fingerprint density at radius 2 is 2.11 bits per heavy atom. The van der Waals surface area contributed by atoms with E-state index in [1.165, 1.54) is 11.3 Å². The van der Waals surface area contributed by atoms with Crippen LogP contribution in [-0.4, -0.2) is 27.8 Å². The van der Waals surface area contributed by atoms with Crippen LogP contribution in [0.3, 0.4) is 0 Å². The van der Waals surface area contributed by atoms with Gasteiger partial charge in [0.05, 0.1) is 10.1 Å². The summed E-state index contributed by atoms with van der Waals surface area (Å²) in [5.74, 6) is 0.217. The first-order valence-corrected chi connectivity index (χ1v) is 8.44. The number of hydrogen-bond donors (Lipinski definition) is 1. The average molecular weight is 312 g/mol. The smallest absolute Gasteiger partial charge is 0.211 e. The lowest BCUT2D eigenvalue weighted by atomic mass is 10.3. The topological polar surface area (TPSA) is 55.4 Å². The van der Waals surface area contributed by atoms with Gasteiger partial charge in [0.1, 0.15) is 6.10 Å². The van der Waals surface area contributed by atoms with E-state index < -0.39 is 10.0 Å². The molecule has 0 saturated heterocycles. The number of sulfonamides is 1. The van der Waals surface area contributed by atoms with E-state index in [0.29, 0.717) is 4.34 Å². The zero-order chi connectivity index (χ0) is 13.8. The standard InChI is InChI=1S/C11H18ClNO3S2/c1-8(2)7-18(14,15)13-6-9(16-3)10-4-5-11(12)17-10/h4-5,8-9,13H,6-7H2,1-3H3. The van der Waals surface area contributed by atoms with Gasteiger partial charge in [-0.3, -0.25) is 0 Å². The molecule has 4 nitrogen and oxygen atoms in total. The molecule has 0 spiro atoms. The molecule has 0 saturated carbocycles. The molecule has 0 amide bonds. The Morgan fingerprint density at radius 1 is 1.44 bits per heavy atom. The number of rotatable bonds is 7. The van der Waals surface area contributed by atoms with Gasteiger partial charge in [-0.2, -0.15) is 0 Å². The highest BCUT2D eigenvalue weighted by atomic mass is 35.5. The van der Waals surface area contributed by atoms with Gasteiger partial charge in [-0.05, 0) is 18.1 Å². The summed E-state index contributed by atoms with van der Waals surface area (Å²) in [6, 6.07) is 3.62. The summed E-state index contributed by atoms with van der Waals surface area (Å²) in [7, 11) is -1.69. The summed E-state index contributed by atoms with van der Waals surface area (Å²) in [5.41, 5.74) is 0. The maximum Gasteiger partial charge on any atom is 0.211 e. The second-order valence-corrected chi connectivity index (χ2v) is 7.99. The minimum absolute atomic E-state index is 0.0969. The molecule has 1 unspecified atom stereocenters.